The number of nitrogens with one attached hydrogen (secondary N) is 1. The van der Waals surface area contributed by atoms with E-state index < -0.39 is 12.1 Å². The molecule has 4 heteroatoms. The predicted molar refractivity (Wildman–Crippen MR) is 165 cm³/mol. The molecule has 3 N–H and O–H groups in total. The minimum Gasteiger partial charge on any atom is -0.394 e. The van der Waals surface area contributed by atoms with Crippen LogP contribution in [0.3, 0.4) is 0 Å². The molecule has 0 fully saturated rings. The molecule has 0 heterocycles. The molecule has 220 valence electrons. The standard InChI is InChI=1S/C34H61NO3/c1-3-5-7-9-11-13-15-17-19-21-23-25-27-29-33(37)32(31-36)35-34(38)30-28-26-24-22-20-18-16-14-12-10-8-6-4-2/h6,8,12,14,18,20,27,29,32-33,36-37H,3-5,7,9-11,13,15-17,19,21-26,28,30-31H2,1-2H3,(H,35,38)/b8-6-,14-12-,20-18-,29-27+. The first-order chi connectivity index (χ1) is 18.7. The van der Waals surface area contributed by atoms with Crippen LogP contribution in [0, 0.1) is 0 Å². The van der Waals surface area contributed by atoms with Gasteiger partial charge in [-0.3, -0.25) is 4.79 Å². The summed E-state index contributed by atoms with van der Waals surface area (Å²) >= 11 is 0. The topological polar surface area (TPSA) is 69.6 Å². The van der Waals surface area contributed by atoms with E-state index in [-0.39, 0.29) is 12.5 Å². The zero-order chi connectivity index (χ0) is 27.9. The number of hydrogen-bond acceptors (Lipinski definition) is 3. The van der Waals surface area contributed by atoms with Crippen molar-refractivity contribution in [1.29, 1.82) is 0 Å². The normalized spacial score (nSPS) is 13.9. The highest BCUT2D eigenvalue weighted by atomic mass is 16.3. The molecule has 0 aliphatic heterocycles. The molecular weight excluding hydrogens is 470 g/mol. The molecule has 0 aromatic carbocycles. The largest absolute Gasteiger partial charge is 0.394 e. The maximum atomic E-state index is 12.2. The third kappa shape index (κ3) is 26.0. The van der Waals surface area contributed by atoms with E-state index in [9.17, 15) is 15.0 Å². The number of carbonyl (C=O) groups excluding carboxylic acids is 1. The molecule has 0 saturated carbocycles. The van der Waals surface area contributed by atoms with Gasteiger partial charge in [0.25, 0.3) is 0 Å². The summed E-state index contributed by atoms with van der Waals surface area (Å²) in [5, 5.41) is 22.7. The maximum Gasteiger partial charge on any atom is 0.220 e. The van der Waals surface area contributed by atoms with Crippen molar-refractivity contribution in [1.82, 2.24) is 5.32 Å². The number of allylic oxidation sites excluding steroid dienone is 7. The molecule has 0 saturated heterocycles. The van der Waals surface area contributed by atoms with Crippen LogP contribution >= 0.6 is 0 Å². The number of aliphatic hydroxyl groups excluding tert-OH is 2. The van der Waals surface area contributed by atoms with Gasteiger partial charge in [0.2, 0.25) is 5.91 Å². The smallest absolute Gasteiger partial charge is 0.220 e. The highest BCUT2D eigenvalue weighted by Crippen LogP contribution is 2.12. The fourth-order valence-electron chi connectivity index (χ4n) is 4.37. The van der Waals surface area contributed by atoms with Crippen molar-refractivity contribution >= 4 is 5.91 Å². The Bertz CT molecular complexity index is 623. The second-order valence-corrected chi connectivity index (χ2v) is 10.5. The van der Waals surface area contributed by atoms with Gasteiger partial charge in [-0.2, -0.15) is 0 Å². The Hall–Kier alpha value is -1.65. The minimum atomic E-state index is -0.849. The Balaban J connectivity index is 3.75. The Kier molecular flexibility index (Phi) is 28.6. The molecule has 0 radical (unpaired) electrons. The summed E-state index contributed by atoms with van der Waals surface area (Å²) in [5.41, 5.74) is 0. The first-order valence-electron chi connectivity index (χ1n) is 15.9. The van der Waals surface area contributed by atoms with Crippen molar-refractivity contribution in [2.75, 3.05) is 6.61 Å². The first-order valence-corrected chi connectivity index (χ1v) is 15.9. The molecule has 38 heavy (non-hydrogen) atoms. The average molecular weight is 532 g/mol. The summed E-state index contributed by atoms with van der Waals surface area (Å²) in [4.78, 5) is 12.2. The highest BCUT2D eigenvalue weighted by molar-refractivity contribution is 5.76. The van der Waals surface area contributed by atoms with Gasteiger partial charge in [0, 0.05) is 6.42 Å². The average Bonchev–Trinajstić information content (AvgIpc) is 2.92. The van der Waals surface area contributed by atoms with E-state index in [1.807, 2.05) is 6.08 Å². The van der Waals surface area contributed by atoms with Crippen LogP contribution in [0.1, 0.15) is 142 Å². The van der Waals surface area contributed by atoms with E-state index in [0.29, 0.717) is 6.42 Å². The summed E-state index contributed by atoms with van der Waals surface area (Å²) in [6.07, 6.45) is 39.0. The minimum absolute atomic E-state index is 0.0975. The van der Waals surface area contributed by atoms with Crippen molar-refractivity contribution < 1.29 is 15.0 Å². The van der Waals surface area contributed by atoms with Gasteiger partial charge in [0.05, 0.1) is 18.8 Å². The highest BCUT2D eigenvalue weighted by Gasteiger charge is 2.17. The van der Waals surface area contributed by atoms with E-state index in [1.54, 1.807) is 6.08 Å². The van der Waals surface area contributed by atoms with Crippen LogP contribution in [0.5, 0.6) is 0 Å². The SMILES string of the molecule is CC/C=C\C/C=C\C/C=C\CCCCCC(=O)NC(CO)C(O)/C=C/CCCCCCCCCCCCC. The van der Waals surface area contributed by atoms with Crippen molar-refractivity contribution in [2.45, 2.75) is 154 Å². The van der Waals surface area contributed by atoms with E-state index in [4.69, 9.17) is 0 Å². The summed E-state index contributed by atoms with van der Waals surface area (Å²) in [6, 6.07) is -0.635. The van der Waals surface area contributed by atoms with Gasteiger partial charge in [-0.15, -0.1) is 0 Å². The van der Waals surface area contributed by atoms with Crippen molar-refractivity contribution in [3.8, 4) is 0 Å². The Morgan fingerprint density at radius 1 is 0.658 bits per heavy atom. The molecule has 0 bridgehead atoms. The van der Waals surface area contributed by atoms with Crippen molar-refractivity contribution in [2.24, 2.45) is 0 Å². The van der Waals surface area contributed by atoms with E-state index in [2.05, 4.69) is 55.6 Å². The third-order valence-electron chi connectivity index (χ3n) is 6.82. The van der Waals surface area contributed by atoms with Crippen LogP contribution in [0.4, 0.5) is 0 Å². The van der Waals surface area contributed by atoms with Crippen LogP contribution in [0.2, 0.25) is 0 Å². The van der Waals surface area contributed by atoms with Gasteiger partial charge < -0.3 is 15.5 Å². The molecule has 0 aliphatic carbocycles. The van der Waals surface area contributed by atoms with E-state index >= 15 is 0 Å². The fourth-order valence-corrected chi connectivity index (χ4v) is 4.37. The first kappa shape index (κ1) is 36.4. The lowest BCUT2D eigenvalue weighted by molar-refractivity contribution is -0.123. The van der Waals surface area contributed by atoms with Gasteiger partial charge in [0.1, 0.15) is 0 Å². The second-order valence-electron chi connectivity index (χ2n) is 10.5. The Morgan fingerprint density at radius 2 is 1.16 bits per heavy atom. The van der Waals surface area contributed by atoms with Gasteiger partial charge in [-0.25, -0.2) is 0 Å². The van der Waals surface area contributed by atoms with Gasteiger partial charge in [-0.05, 0) is 51.4 Å². The maximum absolute atomic E-state index is 12.2. The van der Waals surface area contributed by atoms with Gasteiger partial charge >= 0.3 is 0 Å². The number of carbonyl (C=O) groups is 1. The monoisotopic (exact) mass is 531 g/mol. The van der Waals surface area contributed by atoms with Crippen LogP contribution in [0.15, 0.2) is 48.6 Å². The molecule has 2 atom stereocenters. The lowest BCUT2D eigenvalue weighted by atomic mass is 10.0. The lowest BCUT2D eigenvalue weighted by Crippen LogP contribution is -2.45. The van der Waals surface area contributed by atoms with E-state index in [0.717, 1.165) is 57.8 Å². The Labute approximate surface area is 235 Å². The van der Waals surface area contributed by atoms with Crippen molar-refractivity contribution in [3.63, 3.8) is 0 Å². The zero-order valence-corrected chi connectivity index (χ0v) is 24.9. The molecule has 1 amide bonds. The molecular formula is C34H61NO3. The van der Waals surface area contributed by atoms with Crippen LogP contribution in [0.25, 0.3) is 0 Å². The number of amides is 1. The molecule has 0 aliphatic rings. The number of aliphatic hydroxyl groups is 2. The molecule has 0 rings (SSSR count). The summed E-state index contributed by atoms with van der Waals surface area (Å²) in [7, 11) is 0. The summed E-state index contributed by atoms with van der Waals surface area (Å²) in [6.45, 7) is 4.14. The molecule has 0 aromatic rings. The van der Waals surface area contributed by atoms with Crippen LogP contribution < -0.4 is 5.32 Å². The Morgan fingerprint density at radius 3 is 1.74 bits per heavy atom. The fraction of sp³-hybridized carbons (Fsp3) is 0.735. The van der Waals surface area contributed by atoms with Gasteiger partial charge in [0.15, 0.2) is 0 Å². The third-order valence-corrected chi connectivity index (χ3v) is 6.82. The molecule has 0 aromatic heterocycles. The quantitative estimate of drug-likeness (QED) is 0.0732. The number of rotatable bonds is 27. The van der Waals surface area contributed by atoms with E-state index in [1.165, 1.54) is 64.2 Å². The zero-order valence-electron chi connectivity index (χ0n) is 24.9. The lowest BCUT2D eigenvalue weighted by Gasteiger charge is -2.19. The molecule has 2 unspecified atom stereocenters. The van der Waals surface area contributed by atoms with Crippen molar-refractivity contribution in [3.05, 3.63) is 48.6 Å². The second kappa shape index (κ2) is 29.9. The summed E-state index contributed by atoms with van der Waals surface area (Å²) < 4.78 is 0. The van der Waals surface area contributed by atoms with Gasteiger partial charge in [-0.1, -0.05) is 133 Å². The summed E-state index contributed by atoms with van der Waals surface area (Å²) in [5.74, 6) is -0.0975. The van der Waals surface area contributed by atoms with Crippen LogP contribution in [-0.4, -0.2) is 34.9 Å². The number of hydrogen-bond donors (Lipinski definition) is 3. The number of unbranched alkanes of at least 4 members (excludes halogenated alkanes) is 14. The molecule has 4 nitrogen and oxygen atoms in total. The van der Waals surface area contributed by atoms with Crippen LogP contribution in [-0.2, 0) is 4.79 Å². The molecule has 0 spiro atoms. The predicted octanol–water partition coefficient (Wildman–Crippen LogP) is 8.89.